The van der Waals surface area contributed by atoms with Gasteiger partial charge in [0, 0.05) is 12.1 Å². The Balaban J connectivity index is 1.82. The Hall–Kier alpha value is 0.177. The molecule has 22 heavy (non-hydrogen) atoms. The molecule has 2 aliphatic carbocycles. The van der Waals surface area contributed by atoms with E-state index in [1.54, 1.807) is 5.54 Å². The van der Waals surface area contributed by atoms with Crippen molar-refractivity contribution in [1.82, 2.24) is 4.90 Å². The summed E-state index contributed by atoms with van der Waals surface area (Å²) < 4.78 is 0. The molecule has 0 N–H and O–H groups in total. The zero-order chi connectivity index (χ0) is 16.3. The first-order valence-electron chi connectivity index (χ1n) is 8.56. The van der Waals surface area contributed by atoms with Crippen LogP contribution in [0.1, 0.15) is 34.1 Å². The van der Waals surface area contributed by atoms with Gasteiger partial charge >= 0.3 is 0 Å². The summed E-state index contributed by atoms with van der Waals surface area (Å²) in [5.41, 5.74) is 3.10. The lowest BCUT2D eigenvalue weighted by atomic mass is 10.0. The summed E-state index contributed by atoms with van der Waals surface area (Å²) >= 11 is 0. The molecule has 0 bridgehead atoms. The minimum atomic E-state index is -1.50. The van der Waals surface area contributed by atoms with Gasteiger partial charge in [-0.25, -0.2) is 0 Å². The van der Waals surface area contributed by atoms with Crippen molar-refractivity contribution in [1.29, 1.82) is 0 Å². The predicted octanol–water partition coefficient (Wildman–Crippen LogP) is 4.46. The van der Waals surface area contributed by atoms with Crippen LogP contribution in [0.5, 0.6) is 0 Å². The Bertz CT molecular complexity index is 323. The molecule has 120 valence electrons. The highest BCUT2D eigenvalue weighted by Crippen LogP contribution is 2.46. The van der Waals surface area contributed by atoms with Gasteiger partial charge in [0.15, 0.2) is 0 Å². The summed E-state index contributed by atoms with van der Waals surface area (Å²) in [5.74, 6) is 1.49. The molecule has 10 radical (unpaired) electrons. The van der Waals surface area contributed by atoms with Crippen LogP contribution in [0.2, 0.25) is 13.1 Å². The topological polar surface area (TPSA) is 3.24 Å². The van der Waals surface area contributed by atoms with E-state index in [0.29, 0.717) is 12.1 Å². The Morgan fingerprint density at radius 3 is 2.00 bits per heavy atom. The van der Waals surface area contributed by atoms with E-state index < -0.39 is 8.07 Å². The molecule has 0 heterocycles. The minimum absolute atomic E-state index is 0.615. The van der Waals surface area contributed by atoms with E-state index in [-0.39, 0.29) is 0 Å². The maximum atomic E-state index is 2.58. The summed E-state index contributed by atoms with van der Waals surface area (Å²) in [6, 6.07) is 1.23. The maximum absolute atomic E-state index is 2.58. The van der Waals surface area contributed by atoms with Gasteiger partial charge in [-0.1, -0.05) is 13.1 Å². The molecule has 0 aromatic carbocycles. The second-order valence-electron chi connectivity index (χ2n) is 7.48. The zero-order valence-corrected chi connectivity index (χ0v) is 16.1. The molecule has 0 unspecified atom stereocenters. The van der Waals surface area contributed by atoms with Gasteiger partial charge < -0.3 is 0 Å². The molecular weight excluding hydrogens is 282 g/mol. The van der Waals surface area contributed by atoms with Crippen LogP contribution in [-0.4, -0.2) is 31.6 Å². The molecule has 2 fully saturated rings. The van der Waals surface area contributed by atoms with E-state index in [0.717, 1.165) is 13.0 Å². The largest absolute Gasteiger partial charge is 0.299 e. The van der Waals surface area contributed by atoms with Gasteiger partial charge in [-0.15, -0.1) is 0 Å². The van der Waals surface area contributed by atoms with E-state index in [1.807, 2.05) is 0 Å². The summed E-state index contributed by atoms with van der Waals surface area (Å²) in [6.45, 7) is 15.2. The molecule has 1 nitrogen and oxygen atoms in total. The van der Waals surface area contributed by atoms with Gasteiger partial charge in [0.25, 0.3) is 0 Å². The van der Waals surface area contributed by atoms with Gasteiger partial charge in [-0.05, 0) is 103 Å². The van der Waals surface area contributed by atoms with Crippen molar-refractivity contribution in [2.45, 2.75) is 59.3 Å². The number of hydrogen-bond donors (Lipinski definition) is 0. The fourth-order valence-corrected chi connectivity index (χ4v) is 5.77. The summed E-state index contributed by atoms with van der Waals surface area (Å²) in [6.07, 6.45) is 17.2. The maximum Gasteiger partial charge on any atom is 0.0618 e. The van der Waals surface area contributed by atoms with Gasteiger partial charge in [0.2, 0.25) is 0 Å². The number of hydrogen-bond acceptors (Lipinski definition) is 1. The molecule has 0 saturated heterocycles. The first-order valence-corrected chi connectivity index (χ1v) is 11.6. The lowest BCUT2D eigenvalue weighted by Gasteiger charge is -2.34. The Kier molecular flexibility index (Phi) is 6.59. The van der Waals surface area contributed by atoms with Crippen LogP contribution in [-0.2, 0) is 0 Å². The smallest absolute Gasteiger partial charge is 0.0618 e. The number of nitrogens with zero attached hydrogens (tertiary/aromatic N) is 1. The van der Waals surface area contributed by atoms with Gasteiger partial charge in [-0.2, -0.15) is 0 Å². The second-order valence-corrected chi connectivity index (χ2v) is 11.9. The van der Waals surface area contributed by atoms with Gasteiger partial charge in [0.1, 0.15) is 0 Å². The highest BCUT2D eigenvalue weighted by molar-refractivity contribution is 6.89. The standard InChI is InChI=1S/C20H31NSi/c1-16(2)21(17(3)4)14-13-18-11-12-20(15-18)22(5,6)19-9-7-8-10-19/h7-12,15-17H,13-14H2,1-6H3. The quantitative estimate of drug-likeness (QED) is 0.627. The SMILES string of the molecule is CC(C)N(CC[C]1[CH][CH][C]([Si](C)(C)[C]2[CH][CH][CH][CH]2)[CH]1)C(C)C. The number of rotatable bonds is 7. The predicted molar refractivity (Wildman–Crippen MR) is 98.9 cm³/mol. The zero-order valence-electron chi connectivity index (χ0n) is 15.1. The van der Waals surface area contributed by atoms with Crippen molar-refractivity contribution in [3.63, 3.8) is 0 Å². The monoisotopic (exact) mass is 313 g/mol. The van der Waals surface area contributed by atoms with Crippen molar-refractivity contribution < 1.29 is 0 Å². The normalized spacial score (nSPS) is 22.8. The molecule has 2 heteroatoms. The molecule has 0 aliphatic heterocycles. The van der Waals surface area contributed by atoms with E-state index in [4.69, 9.17) is 0 Å². The summed E-state index contributed by atoms with van der Waals surface area (Å²) in [4.78, 5) is 2.58. The molecule has 0 atom stereocenters. The van der Waals surface area contributed by atoms with E-state index in [1.165, 1.54) is 11.5 Å². The van der Waals surface area contributed by atoms with Crippen LogP contribution in [0, 0.1) is 61.9 Å². The third kappa shape index (κ3) is 4.38. The molecule has 2 aliphatic rings. The average Bonchev–Trinajstić information content (AvgIpc) is 3.10. The van der Waals surface area contributed by atoms with Crippen LogP contribution in [0.4, 0.5) is 0 Å². The molecular formula is C20H31NSi. The highest BCUT2D eigenvalue weighted by Gasteiger charge is 2.44. The fraction of sp³-hybridized carbons (Fsp3) is 0.500. The Morgan fingerprint density at radius 1 is 0.864 bits per heavy atom. The lowest BCUT2D eigenvalue weighted by Crippen LogP contribution is -2.41. The van der Waals surface area contributed by atoms with E-state index >= 15 is 0 Å². The van der Waals surface area contributed by atoms with Crippen molar-refractivity contribution in [3.05, 3.63) is 61.9 Å². The van der Waals surface area contributed by atoms with Crippen LogP contribution < -0.4 is 0 Å². The Labute approximate surface area is 141 Å². The fourth-order valence-electron chi connectivity index (χ4n) is 3.37. The van der Waals surface area contributed by atoms with Crippen molar-refractivity contribution >= 4 is 8.07 Å². The van der Waals surface area contributed by atoms with Crippen molar-refractivity contribution in [2.24, 2.45) is 0 Å². The van der Waals surface area contributed by atoms with Gasteiger partial charge in [-0.3, -0.25) is 4.90 Å². The molecule has 2 saturated carbocycles. The first kappa shape index (κ1) is 18.5. The molecule has 2 rings (SSSR count). The first-order chi connectivity index (χ1) is 10.3. The molecule has 0 aromatic heterocycles. The van der Waals surface area contributed by atoms with E-state index in [9.17, 15) is 0 Å². The highest BCUT2D eigenvalue weighted by atomic mass is 28.3. The average molecular weight is 314 g/mol. The second kappa shape index (κ2) is 7.83. The van der Waals surface area contributed by atoms with Crippen LogP contribution >= 0.6 is 0 Å². The van der Waals surface area contributed by atoms with E-state index in [2.05, 4.69) is 90.6 Å². The van der Waals surface area contributed by atoms with Crippen LogP contribution in [0.15, 0.2) is 0 Å². The van der Waals surface area contributed by atoms with Crippen LogP contribution in [0.3, 0.4) is 0 Å². The van der Waals surface area contributed by atoms with Gasteiger partial charge in [0.05, 0.1) is 8.07 Å². The van der Waals surface area contributed by atoms with Crippen LogP contribution in [0.25, 0.3) is 0 Å². The third-order valence-electron chi connectivity index (χ3n) is 4.91. The van der Waals surface area contributed by atoms with Crippen molar-refractivity contribution in [3.8, 4) is 0 Å². The molecule has 0 aromatic rings. The van der Waals surface area contributed by atoms with Crippen molar-refractivity contribution in [2.75, 3.05) is 6.54 Å². The minimum Gasteiger partial charge on any atom is -0.299 e. The lowest BCUT2D eigenvalue weighted by molar-refractivity contribution is 0.175. The molecule has 0 amide bonds. The summed E-state index contributed by atoms with van der Waals surface area (Å²) in [5, 5.41) is 0. The Morgan fingerprint density at radius 2 is 1.45 bits per heavy atom. The summed E-state index contributed by atoms with van der Waals surface area (Å²) in [7, 11) is -1.50. The third-order valence-corrected chi connectivity index (χ3v) is 8.44. The molecule has 0 spiro atoms.